The summed E-state index contributed by atoms with van der Waals surface area (Å²) in [5.74, 6) is 0.409. The van der Waals surface area contributed by atoms with Gasteiger partial charge in [-0.05, 0) is 79.3 Å². The van der Waals surface area contributed by atoms with Crippen LogP contribution in [0.5, 0.6) is 0 Å². The molecule has 1 aliphatic heterocycles. The molecule has 3 unspecified atom stereocenters. The van der Waals surface area contributed by atoms with Crippen molar-refractivity contribution in [1.82, 2.24) is 4.90 Å². The average molecular weight is 506 g/mol. The molecule has 0 aromatic heterocycles. The minimum Gasteiger partial charge on any atom is -0.394 e. The van der Waals surface area contributed by atoms with Crippen LogP contribution < -0.4 is 0 Å². The first-order valence-corrected chi connectivity index (χ1v) is 14.0. The maximum absolute atomic E-state index is 9.48. The Hall–Kier alpha value is -2.62. The number of fused-ring (bicyclic) bond motifs is 1. The van der Waals surface area contributed by atoms with E-state index in [1.807, 2.05) is 33.9 Å². The molecule has 1 heterocycles. The third-order valence-corrected chi connectivity index (χ3v) is 7.14. The van der Waals surface area contributed by atoms with Crippen molar-refractivity contribution in [3.63, 3.8) is 0 Å². The van der Waals surface area contributed by atoms with Crippen molar-refractivity contribution in [2.75, 3.05) is 6.61 Å². The number of aliphatic hydroxyl groups is 1. The van der Waals surface area contributed by atoms with Gasteiger partial charge in [-0.15, -0.1) is 0 Å². The molecule has 1 aliphatic carbocycles. The Morgan fingerprint density at radius 3 is 2.24 bits per heavy atom. The first kappa shape index (κ1) is 32.4. The molecule has 1 N–H and O–H groups in total. The largest absolute Gasteiger partial charge is 0.394 e. The van der Waals surface area contributed by atoms with Gasteiger partial charge in [0, 0.05) is 12.1 Å². The molecule has 4 rings (SSSR count). The highest BCUT2D eigenvalue weighted by molar-refractivity contribution is 5.86. The summed E-state index contributed by atoms with van der Waals surface area (Å²) in [6, 6.07) is 12.9. The summed E-state index contributed by atoms with van der Waals surface area (Å²) in [6.45, 7) is 26.9. The van der Waals surface area contributed by atoms with Crippen LogP contribution in [0.3, 0.4) is 0 Å². The molecule has 3 heteroatoms. The number of hydrogen-bond donors (Lipinski definition) is 1. The minimum atomic E-state index is -0.0632. The molecule has 0 spiro atoms. The van der Waals surface area contributed by atoms with Gasteiger partial charge in [-0.3, -0.25) is 0 Å². The third-order valence-electron chi connectivity index (χ3n) is 7.14. The van der Waals surface area contributed by atoms with Gasteiger partial charge in [0.15, 0.2) is 0 Å². The second kappa shape index (κ2) is 16.3. The van der Waals surface area contributed by atoms with Crippen molar-refractivity contribution in [2.24, 2.45) is 5.92 Å². The van der Waals surface area contributed by atoms with E-state index in [1.165, 1.54) is 38.7 Å². The number of hydrogen-bond acceptors (Lipinski definition) is 3. The SMILES string of the molecule is C=CN(C1=C(C)C(=C)C=C(C)C1)C1CC(CC)C(CO)O1.CC.CC.Cc1ccc2ccccc2c1C. The van der Waals surface area contributed by atoms with Crippen LogP contribution in [0.15, 0.2) is 84.2 Å². The summed E-state index contributed by atoms with van der Waals surface area (Å²) in [4.78, 5) is 2.13. The maximum Gasteiger partial charge on any atom is 0.134 e. The molecule has 1 fully saturated rings. The smallest absolute Gasteiger partial charge is 0.134 e. The van der Waals surface area contributed by atoms with E-state index in [1.54, 1.807) is 0 Å². The lowest BCUT2D eigenvalue weighted by Crippen LogP contribution is -2.32. The molecule has 2 aromatic carbocycles. The van der Waals surface area contributed by atoms with E-state index in [9.17, 15) is 5.11 Å². The average Bonchev–Trinajstić information content (AvgIpc) is 3.35. The first-order valence-electron chi connectivity index (χ1n) is 14.0. The van der Waals surface area contributed by atoms with E-state index in [0.29, 0.717) is 5.92 Å². The second-order valence-corrected chi connectivity index (χ2v) is 9.30. The van der Waals surface area contributed by atoms with Gasteiger partial charge in [0.25, 0.3) is 0 Å². The lowest BCUT2D eigenvalue weighted by Gasteiger charge is -2.33. The molecule has 3 nitrogen and oxygen atoms in total. The molecule has 0 bridgehead atoms. The summed E-state index contributed by atoms with van der Waals surface area (Å²) >= 11 is 0. The van der Waals surface area contributed by atoms with Gasteiger partial charge in [-0.2, -0.15) is 0 Å². The van der Waals surface area contributed by atoms with Gasteiger partial charge in [-0.1, -0.05) is 102 Å². The fraction of sp³-hybridized carbons (Fsp3) is 0.471. The lowest BCUT2D eigenvalue weighted by molar-refractivity contribution is -0.0465. The highest BCUT2D eigenvalue weighted by Gasteiger charge is 2.37. The van der Waals surface area contributed by atoms with E-state index in [2.05, 4.69) is 95.2 Å². The number of nitrogens with zero attached hydrogens (tertiary/aromatic N) is 1. The predicted molar refractivity (Wildman–Crippen MR) is 163 cm³/mol. The molecule has 0 radical (unpaired) electrons. The number of aliphatic hydroxyl groups excluding tert-OH is 1. The maximum atomic E-state index is 9.48. The van der Waals surface area contributed by atoms with Crippen LogP contribution in [0, 0.1) is 19.8 Å². The Balaban J connectivity index is 0.000000361. The summed E-state index contributed by atoms with van der Waals surface area (Å²) in [7, 11) is 0. The quantitative estimate of drug-likeness (QED) is 0.439. The summed E-state index contributed by atoms with van der Waals surface area (Å²) in [5.41, 5.74) is 7.54. The highest BCUT2D eigenvalue weighted by atomic mass is 16.5. The van der Waals surface area contributed by atoms with Crippen molar-refractivity contribution in [2.45, 2.75) is 93.9 Å². The normalized spacial score (nSPS) is 20.5. The Bertz CT molecular complexity index is 1070. The molecule has 2 aromatic rings. The zero-order valence-electron chi connectivity index (χ0n) is 24.9. The molecule has 204 valence electrons. The molecule has 37 heavy (non-hydrogen) atoms. The topological polar surface area (TPSA) is 32.7 Å². The van der Waals surface area contributed by atoms with Crippen LogP contribution in [0.25, 0.3) is 10.8 Å². The van der Waals surface area contributed by atoms with Crippen molar-refractivity contribution in [3.05, 3.63) is 95.4 Å². The molecular weight excluding hydrogens is 454 g/mol. The number of aryl methyl sites for hydroxylation is 2. The van der Waals surface area contributed by atoms with Crippen LogP contribution >= 0.6 is 0 Å². The molecule has 3 atom stereocenters. The van der Waals surface area contributed by atoms with Crippen molar-refractivity contribution < 1.29 is 9.84 Å². The molecule has 1 saturated heterocycles. The fourth-order valence-electron chi connectivity index (χ4n) is 4.84. The van der Waals surface area contributed by atoms with E-state index < -0.39 is 0 Å². The van der Waals surface area contributed by atoms with Crippen LogP contribution in [-0.2, 0) is 4.74 Å². The minimum absolute atomic E-state index is 0.0340. The number of rotatable bonds is 5. The van der Waals surface area contributed by atoms with E-state index >= 15 is 0 Å². The summed E-state index contributed by atoms with van der Waals surface area (Å²) < 4.78 is 6.06. The number of benzene rings is 2. The zero-order chi connectivity index (χ0) is 28.1. The Kier molecular flexibility index (Phi) is 14.3. The molecule has 2 aliphatic rings. The lowest BCUT2D eigenvalue weighted by atomic mass is 9.93. The Morgan fingerprint density at radius 2 is 1.68 bits per heavy atom. The van der Waals surface area contributed by atoms with Gasteiger partial charge in [0.1, 0.15) is 6.23 Å². The van der Waals surface area contributed by atoms with Gasteiger partial charge in [0.2, 0.25) is 0 Å². The number of ether oxygens (including phenoxy) is 1. The fourth-order valence-corrected chi connectivity index (χ4v) is 4.84. The van der Waals surface area contributed by atoms with E-state index in [-0.39, 0.29) is 18.9 Å². The van der Waals surface area contributed by atoms with Crippen molar-refractivity contribution in [1.29, 1.82) is 0 Å². The second-order valence-electron chi connectivity index (χ2n) is 9.30. The van der Waals surface area contributed by atoms with Crippen molar-refractivity contribution in [3.8, 4) is 0 Å². The predicted octanol–water partition coefficient (Wildman–Crippen LogP) is 9.25. The van der Waals surface area contributed by atoms with Crippen LogP contribution in [0.4, 0.5) is 0 Å². The van der Waals surface area contributed by atoms with Crippen LogP contribution in [0.2, 0.25) is 0 Å². The molecular formula is C34H51NO2. The van der Waals surface area contributed by atoms with Crippen LogP contribution in [-0.4, -0.2) is 28.9 Å². The van der Waals surface area contributed by atoms with Gasteiger partial charge in [0.05, 0.1) is 12.7 Å². The Morgan fingerprint density at radius 1 is 1.03 bits per heavy atom. The highest BCUT2D eigenvalue weighted by Crippen LogP contribution is 2.37. The van der Waals surface area contributed by atoms with Gasteiger partial charge < -0.3 is 14.7 Å². The van der Waals surface area contributed by atoms with Gasteiger partial charge in [-0.25, -0.2) is 0 Å². The number of allylic oxidation sites excluding steroid dienone is 4. The van der Waals surface area contributed by atoms with E-state index in [0.717, 1.165) is 24.8 Å². The zero-order valence-corrected chi connectivity index (χ0v) is 24.9. The van der Waals surface area contributed by atoms with Crippen molar-refractivity contribution >= 4 is 10.8 Å². The summed E-state index contributed by atoms with van der Waals surface area (Å²) in [6.07, 6.45) is 6.75. The monoisotopic (exact) mass is 505 g/mol. The van der Waals surface area contributed by atoms with Gasteiger partial charge >= 0.3 is 0 Å². The molecule has 0 amide bonds. The molecule has 0 saturated carbocycles. The standard InChI is InChI=1S/C18H27NO2.C12H12.2C2H6/c1-6-15-10-18(21-17(15)11-20)19(7-2)16-9-12(3)8-13(4)14(16)5;1-9-7-8-11-5-3-4-6-12(11)10(9)2;2*1-2/h7-8,15,17-18,20H,2,4,6,9-11H2,1,3,5H3;3-8H,1-2H3;2*1-2H3. The Labute approximate surface area is 227 Å². The summed E-state index contributed by atoms with van der Waals surface area (Å²) in [5, 5.41) is 12.2. The van der Waals surface area contributed by atoms with E-state index in [4.69, 9.17) is 4.74 Å². The first-order chi connectivity index (χ1) is 17.8. The van der Waals surface area contributed by atoms with Crippen LogP contribution in [0.1, 0.15) is 78.9 Å². The third kappa shape index (κ3) is 8.18.